The van der Waals surface area contributed by atoms with Gasteiger partial charge < -0.3 is 18.7 Å². The van der Waals surface area contributed by atoms with E-state index >= 15 is 0 Å². The van der Waals surface area contributed by atoms with Crippen LogP contribution in [0.1, 0.15) is 32.4 Å². The van der Waals surface area contributed by atoms with Crippen molar-refractivity contribution < 1.29 is 18.5 Å². The zero-order valence-electron chi connectivity index (χ0n) is 16.0. The van der Waals surface area contributed by atoms with Crippen LogP contribution in [0, 0.1) is 6.92 Å². The first-order chi connectivity index (χ1) is 14.1. The van der Waals surface area contributed by atoms with Gasteiger partial charge in [-0.15, -0.1) is 11.8 Å². The number of amides is 2. The van der Waals surface area contributed by atoms with Crippen molar-refractivity contribution in [3.63, 3.8) is 0 Å². The maximum Gasteiger partial charge on any atom is 0.292 e. The predicted octanol–water partition coefficient (Wildman–Crippen LogP) is 3.47. The van der Waals surface area contributed by atoms with E-state index < -0.39 is 0 Å². The van der Waals surface area contributed by atoms with E-state index in [0.717, 1.165) is 10.5 Å². The second kappa shape index (κ2) is 8.57. The maximum absolute atomic E-state index is 12.9. The monoisotopic (exact) mass is 411 g/mol. The topological polar surface area (TPSA) is 79.8 Å². The number of carbonyl (C=O) groups excluding carboxylic acids is 2. The first-order valence-corrected chi connectivity index (χ1v) is 10.4. The van der Waals surface area contributed by atoms with Crippen LogP contribution in [0.2, 0.25) is 0 Å². The molecule has 2 amide bonds. The number of thioether (sulfide) groups is 1. The minimum atomic E-state index is -0.198. The molecule has 1 saturated heterocycles. The van der Waals surface area contributed by atoms with Crippen molar-refractivity contribution in [3.05, 3.63) is 71.5 Å². The molecule has 2 aromatic heterocycles. The molecule has 1 fully saturated rings. The van der Waals surface area contributed by atoms with Gasteiger partial charge in [0.1, 0.15) is 0 Å². The number of aromatic nitrogens is 1. The molecule has 0 unspecified atom stereocenters. The third kappa shape index (κ3) is 4.37. The summed E-state index contributed by atoms with van der Waals surface area (Å²) in [6.07, 6.45) is 1.56. The number of hydrogen-bond acceptors (Lipinski definition) is 6. The molecule has 3 heterocycles. The van der Waals surface area contributed by atoms with Crippen LogP contribution in [0.25, 0.3) is 0 Å². The minimum Gasteiger partial charge on any atom is -0.459 e. The van der Waals surface area contributed by atoms with Crippen LogP contribution in [-0.2, 0) is 5.75 Å². The van der Waals surface area contributed by atoms with Gasteiger partial charge in [-0.05, 0) is 25.1 Å². The van der Waals surface area contributed by atoms with E-state index in [4.69, 9.17) is 8.94 Å². The van der Waals surface area contributed by atoms with Gasteiger partial charge in [0.05, 0.1) is 12.0 Å². The molecule has 0 bridgehead atoms. The molecular formula is C21H21N3O4S. The molecule has 0 saturated carbocycles. The highest BCUT2D eigenvalue weighted by Crippen LogP contribution is 2.26. The van der Waals surface area contributed by atoms with E-state index in [-0.39, 0.29) is 17.6 Å². The van der Waals surface area contributed by atoms with Gasteiger partial charge in [-0.2, -0.15) is 0 Å². The van der Waals surface area contributed by atoms with Crippen LogP contribution in [-0.4, -0.2) is 52.9 Å². The Morgan fingerprint density at radius 1 is 1.03 bits per heavy atom. The van der Waals surface area contributed by atoms with Crippen LogP contribution in [0.15, 0.2) is 62.6 Å². The Bertz CT molecular complexity index is 990. The van der Waals surface area contributed by atoms with Crippen LogP contribution < -0.4 is 0 Å². The largest absolute Gasteiger partial charge is 0.459 e. The first kappa shape index (κ1) is 19.3. The highest BCUT2D eigenvalue weighted by atomic mass is 32.2. The lowest BCUT2D eigenvalue weighted by molar-refractivity contribution is 0.0496. The predicted molar refractivity (Wildman–Crippen MR) is 108 cm³/mol. The molecule has 7 nitrogen and oxygen atoms in total. The number of furan rings is 1. The second-order valence-electron chi connectivity index (χ2n) is 6.79. The third-order valence-electron chi connectivity index (χ3n) is 4.77. The fraction of sp³-hybridized carbons (Fsp3) is 0.286. The number of hydrogen-bond donors (Lipinski definition) is 0. The Kier molecular flexibility index (Phi) is 5.71. The molecule has 0 spiro atoms. The number of piperazine rings is 1. The molecule has 8 heteroatoms. The Morgan fingerprint density at radius 2 is 1.72 bits per heavy atom. The summed E-state index contributed by atoms with van der Waals surface area (Å²) in [6.45, 7) is 3.56. The van der Waals surface area contributed by atoms with Crippen molar-refractivity contribution in [2.45, 2.75) is 17.6 Å². The lowest BCUT2D eigenvalue weighted by Crippen LogP contribution is -2.50. The quantitative estimate of drug-likeness (QED) is 0.598. The zero-order chi connectivity index (χ0) is 20.2. The van der Waals surface area contributed by atoms with Gasteiger partial charge in [0.25, 0.3) is 11.8 Å². The summed E-state index contributed by atoms with van der Waals surface area (Å²) in [4.78, 5) is 29.9. The van der Waals surface area contributed by atoms with E-state index in [1.165, 1.54) is 0 Å². The summed E-state index contributed by atoms with van der Waals surface area (Å²) >= 11 is 1.66. The number of carbonyl (C=O) groups is 2. The van der Waals surface area contributed by atoms with Gasteiger partial charge in [0.2, 0.25) is 5.76 Å². The van der Waals surface area contributed by atoms with E-state index in [1.54, 1.807) is 40.8 Å². The van der Waals surface area contributed by atoms with Crippen LogP contribution >= 0.6 is 11.8 Å². The SMILES string of the molecule is Cc1cc(C(=O)N2CCN(C(=O)c3occc3CSc3ccccc3)CC2)on1. The summed E-state index contributed by atoms with van der Waals surface area (Å²) in [5.74, 6) is 0.926. The van der Waals surface area contributed by atoms with Gasteiger partial charge >= 0.3 is 0 Å². The highest BCUT2D eigenvalue weighted by molar-refractivity contribution is 7.98. The first-order valence-electron chi connectivity index (χ1n) is 9.38. The lowest BCUT2D eigenvalue weighted by atomic mass is 10.2. The summed E-state index contributed by atoms with van der Waals surface area (Å²) < 4.78 is 10.6. The second-order valence-corrected chi connectivity index (χ2v) is 7.84. The zero-order valence-corrected chi connectivity index (χ0v) is 16.9. The molecule has 150 valence electrons. The standard InChI is InChI=1S/C21H21N3O4S/c1-15-13-18(28-22-15)20(25)23-8-10-24(11-9-23)21(26)19-16(7-12-27-19)14-29-17-5-3-2-4-6-17/h2-7,12-13H,8-11,14H2,1H3. The fourth-order valence-corrected chi connectivity index (χ4v) is 4.09. The summed E-state index contributed by atoms with van der Waals surface area (Å²) in [5, 5.41) is 3.76. The molecule has 1 aliphatic rings. The van der Waals surface area contributed by atoms with Gasteiger partial charge in [0, 0.05) is 48.5 Å². The average molecular weight is 411 g/mol. The van der Waals surface area contributed by atoms with E-state index in [0.29, 0.717) is 43.4 Å². The number of rotatable bonds is 5. The number of aryl methyl sites for hydroxylation is 1. The van der Waals surface area contributed by atoms with Crippen LogP contribution in [0.4, 0.5) is 0 Å². The highest BCUT2D eigenvalue weighted by Gasteiger charge is 2.29. The summed E-state index contributed by atoms with van der Waals surface area (Å²) in [7, 11) is 0. The minimum absolute atomic E-state index is 0.138. The van der Waals surface area contributed by atoms with Gasteiger partial charge in [-0.25, -0.2) is 0 Å². The van der Waals surface area contributed by atoms with Crippen molar-refractivity contribution in [1.29, 1.82) is 0 Å². The summed E-state index contributed by atoms with van der Waals surface area (Å²) in [6, 6.07) is 13.5. The van der Waals surface area contributed by atoms with Crippen molar-refractivity contribution in [2.75, 3.05) is 26.2 Å². The van der Waals surface area contributed by atoms with Gasteiger partial charge in [0.15, 0.2) is 5.76 Å². The van der Waals surface area contributed by atoms with E-state index in [1.807, 2.05) is 36.4 Å². The Morgan fingerprint density at radius 3 is 2.38 bits per heavy atom. The molecular weight excluding hydrogens is 390 g/mol. The fourth-order valence-electron chi connectivity index (χ4n) is 3.19. The van der Waals surface area contributed by atoms with Crippen LogP contribution in [0.3, 0.4) is 0 Å². The van der Waals surface area contributed by atoms with E-state index in [9.17, 15) is 9.59 Å². The molecule has 29 heavy (non-hydrogen) atoms. The summed E-state index contributed by atoms with van der Waals surface area (Å²) in [5.41, 5.74) is 1.54. The maximum atomic E-state index is 12.9. The van der Waals surface area contributed by atoms with Crippen molar-refractivity contribution in [3.8, 4) is 0 Å². The number of nitrogens with zero attached hydrogens (tertiary/aromatic N) is 3. The molecule has 0 radical (unpaired) electrons. The lowest BCUT2D eigenvalue weighted by Gasteiger charge is -2.33. The normalized spacial score (nSPS) is 14.2. The van der Waals surface area contributed by atoms with Crippen molar-refractivity contribution >= 4 is 23.6 Å². The number of benzene rings is 1. The van der Waals surface area contributed by atoms with Crippen molar-refractivity contribution in [2.24, 2.45) is 0 Å². The molecule has 1 aromatic carbocycles. The average Bonchev–Trinajstić information content (AvgIpc) is 3.41. The van der Waals surface area contributed by atoms with Crippen molar-refractivity contribution in [1.82, 2.24) is 15.0 Å². The smallest absolute Gasteiger partial charge is 0.292 e. The molecule has 3 aromatic rings. The van der Waals surface area contributed by atoms with Gasteiger partial charge in [-0.3, -0.25) is 9.59 Å². The molecule has 0 N–H and O–H groups in total. The van der Waals surface area contributed by atoms with Gasteiger partial charge in [-0.1, -0.05) is 23.4 Å². The Balaban J connectivity index is 1.35. The molecule has 0 aliphatic carbocycles. The Labute approximate surface area is 172 Å². The Hall–Kier alpha value is -3.00. The van der Waals surface area contributed by atoms with E-state index in [2.05, 4.69) is 5.16 Å². The van der Waals surface area contributed by atoms with Crippen LogP contribution in [0.5, 0.6) is 0 Å². The molecule has 1 aliphatic heterocycles. The molecule has 4 rings (SSSR count). The third-order valence-corrected chi connectivity index (χ3v) is 5.83. The molecule has 0 atom stereocenters.